The lowest BCUT2D eigenvalue weighted by molar-refractivity contribution is -0.132. The number of benzene rings is 1. The number of ether oxygens (including phenoxy) is 2. The van der Waals surface area contributed by atoms with Gasteiger partial charge in [-0.3, -0.25) is 14.4 Å². The number of hydrogen-bond acceptors (Lipinski definition) is 6. The van der Waals surface area contributed by atoms with Gasteiger partial charge in [-0.2, -0.15) is 0 Å². The zero-order valence-corrected chi connectivity index (χ0v) is 24.5. The predicted octanol–water partition coefficient (Wildman–Crippen LogP) is 4.73. The van der Waals surface area contributed by atoms with Gasteiger partial charge in [0.05, 0.1) is 11.6 Å². The minimum Gasteiger partial charge on any atom is -0.476 e. The first-order valence-electron chi connectivity index (χ1n) is 14.8. The van der Waals surface area contributed by atoms with Crippen LogP contribution in [0, 0.1) is 17.8 Å². The molecule has 5 rings (SSSR count). The lowest BCUT2D eigenvalue weighted by Crippen LogP contribution is -2.53. The fraction of sp³-hybridized carbons (Fsp3) is 0.710. The van der Waals surface area contributed by atoms with Crippen LogP contribution in [0.3, 0.4) is 0 Å². The van der Waals surface area contributed by atoms with Gasteiger partial charge in [-0.25, -0.2) is 0 Å². The second-order valence-corrected chi connectivity index (χ2v) is 12.3. The molecule has 39 heavy (non-hydrogen) atoms. The monoisotopic (exact) mass is 541 g/mol. The van der Waals surface area contributed by atoms with Crippen LogP contribution < -0.4 is 19.9 Å². The number of nitrogens with zero attached hydrogens (tertiary/aromatic N) is 2. The molecule has 1 aromatic carbocycles. The highest BCUT2D eigenvalue weighted by molar-refractivity contribution is 6.04. The largest absolute Gasteiger partial charge is 0.476 e. The van der Waals surface area contributed by atoms with Crippen molar-refractivity contribution in [1.82, 2.24) is 5.32 Å². The summed E-state index contributed by atoms with van der Waals surface area (Å²) < 4.78 is 11.2. The van der Waals surface area contributed by atoms with Crippen LogP contribution in [0.4, 0.5) is 11.4 Å². The summed E-state index contributed by atoms with van der Waals surface area (Å²) in [6.07, 6.45) is 9.14. The second kappa shape index (κ2) is 12.8. The number of amides is 2. The van der Waals surface area contributed by atoms with Gasteiger partial charge in [-0.15, -0.1) is 0 Å². The van der Waals surface area contributed by atoms with E-state index in [-0.39, 0.29) is 35.5 Å². The van der Waals surface area contributed by atoms with E-state index < -0.39 is 5.60 Å². The third-order valence-corrected chi connectivity index (χ3v) is 8.43. The summed E-state index contributed by atoms with van der Waals surface area (Å²) >= 11 is 0. The number of Topliss-reactive ketones (excluding diaryl/α,β-unsaturated/α-hetero) is 1. The highest BCUT2D eigenvalue weighted by atomic mass is 16.5. The highest BCUT2D eigenvalue weighted by Crippen LogP contribution is 2.43. The van der Waals surface area contributed by atoms with E-state index in [1.54, 1.807) is 32.8 Å². The maximum Gasteiger partial charge on any atom is 0.270 e. The van der Waals surface area contributed by atoms with Crippen molar-refractivity contribution in [3.8, 4) is 5.75 Å². The van der Waals surface area contributed by atoms with Gasteiger partial charge < -0.3 is 24.6 Å². The van der Waals surface area contributed by atoms with Crippen molar-refractivity contribution in [2.45, 2.75) is 90.7 Å². The fourth-order valence-corrected chi connectivity index (χ4v) is 5.91. The number of ketones is 1. The number of fused-ring (bicyclic) bond motifs is 1. The van der Waals surface area contributed by atoms with E-state index in [0.29, 0.717) is 50.5 Å². The zero-order chi connectivity index (χ0) is 28.2. The average Bonchev–Trinajstić information content (AvgIpc) is 3.63. The molecule has 8 nitrogen and oxygen atoms in total. The van der Waals surface area contributed by atoms with Crippen molar-refractivity contribution in [2.75, 3.05) is 43.2 Å². The smallest absolute Gasteiger partial charge is 0.270 e. The Kier molecular flexibility index (Phi) is 9.70. The summed E-state index contributed by atoms with van der Waals surface area (Å²) in [4.78, 5) is 42.3. The SMILES string of the molecule is CC1CCCC1.COCCCN1C(=O)C(C)(C)Oc2ccc(N(C(=O)C3CNCC(C(C)=O)C3)C3CC3)cc21. The van der Waals surface area contributed by atoms with E-state index in [2.05, 4.69) is 12.2 Å². The van der Waals surface area contributed by atoms with Crippen LogP contribution >= 0.6 is 0 Å². The number of anilines is 2. The Balaban J connectivity index is 0.000000519. The van der Waals surface area contributed by atoms with Gasteiger partial charge in [-0.1, -0.05) is 32.6 Å². The van der Waals surface area contributed by atoms with Gasteiger partial charge in [0.2, 0.25) is 5.91 Å². The first-order chi connectivity index (χ1) is 18.6. The van der Waals surface area contributed by atoms with Crippen LogP contribution in [0.1, 0.15) is 79.1 Å². The molecule has 4 aliphatic rings. The molecule has 8 heteroatoms. The standard InChI is InChI=1S/C25H35N3O5.C6H12/c1-16(29)17-12-18(15-26-14-17)23(30)28(19-6-7-19)20-8-9-22-21(13-20)27(10-5-11-32-4)24(31)25(2,3)33-22;1-6-4-2-3-5-6/h8-9,13,17-19,26H,5-7,10-12,14-15H2,1-4H3;6H,2-5H2,1H3. The third kappa shape index (κ3) is 7.20. The predicted molar refractivity (Wildman–Crippen MR) is 153 cm³/mol. The average molecular weight is 542 g/mol. The molecule has 3 fully saturated rings. The van der Waals surface area contributed by atoms with Crippen LogP contribution in [-0.2, 0) is 19.1 Å². The van der Waals surface area contributed by atoms with Crippen molar-refractivity contribution in [1.29, 1.82) is 0 Å². The second-order valence-electron chi connectivity index (χ2n) is 12.3. The highest BCUT2D eigenvalue weighted by Gasteiger charge is 2.43. The Labute approximate surface area is 233 Å². The molecule has 2 aliphatic heterocycles. The Bertz CT molecular complexity index is 1030. The van der Waals surface area contributed by atoms with E-state index >= 15 is 0 Å². The number of carbonyl (C=O) groups is 3. The molecule has 2 saturated carbocycles. The number of methoxy groups -OCH3 is 1. The molecule has 1 N–H and O–H groups in total. The van der Waals surface area contributed by atoms with Gasteiger partial charge in [0, 0.05) is 51.0 Å². The summed E-state index contributed by atoms with van der Waals surface area (Å²) in [7, 11) is 1.65. The molecule has 1 aromatic rings. The van der Waals surface area contributed by atoms with Crippen molar-refractivity contribution in [3.63, 3.8) is 0 Å². The quantitative estimate of drug-likeness (QED) is 0.479. The molecule has 0 aromatic heterocycles. The molecule has 2 unspecified atom stereocenters. The lowest BCUT2D eigenvalue weighted by atomic mass is 9.87. The summed E-state index contributed by atoms with van der Waals surface area (Å²) in [5, 5.41) is 3.26. The van der Waals surface area contributed by atoms with E-state index in [9.17, 15) is 14.4 Å². The molecule has 0 spiro atoms. The van der Waals surface area contributed by atoms with Crippen LogP contribution in [0.25, 0.3) is 0 Å². The van der Waals surface area contributed by atoms with E-state index in [4.69, 9.17) is 9.47 Å². The normalized spacial score (nSPS) is 24.3. The van der Waals surface area contributed by atoms with Crippen molar-refractivity contribution < 1.29 is 23.9 Å². The molecule has 2 amide bonds. The molecule has 2 atom stereocenters. The number of carbonyl (C=O) groups excluding carboxylic acids is 3. The molecule has 2 aliphatic carbocycles. The zero-order valence-electron chi connectivity index (χ0n) is 24.5. The van der Waals surface area contributed by atoms with Crippen LogP contribution in [0.5, 0.6) is 5.75 Å². The molecular weight excluding hydrogens is 494 g/mol. The minimum absolute atomic E-state index is 0.0465. The van der Waals surface area contributed by atoms with Gasteiger partial charge >= 0.3 is 0 Å². The first kappa shape index (κ1) is 29.5. The van der Waals surface area contributed by atoms with Crippen molar-refractivity contribution >= 4 is 29.0 Å². The Morgan fingerprint density at radius 3 is 2.41 bits per heavy atom. The van der Waals surface area contributed by atoms with Crippen LogP contribution in [0.2, 0.25) is 0 Å². The van der Waals surface area contributed by atoms with Gasteiger partial charge in [0.1, 0.15) is 11.5 Å². The maximum atomic E-state index is 13.6. The maximum absolute atomic E-state index is 13.6. The number of rotatable bonds is 8. The molecule has 0 radical (unpaired) electrons. The van der Waals surface area contributed by atoms with E-state index in [1.165, 1.54) is 25.7 Å². The van der Waals surface area contributed by atoms with E-state index in [1.807, 2.05) is 23.1 Å². The third-order valence-electron chi connectivity index (χ3n) is 8.43. The molecule has 2 heterocycles. The number of hydrogen-bond donors (Lipinski definition) is 1. The van der Waals surface area contributed by atoms with E-state index in [0.717, 1.165) is 24.4 Å². The molecule has 0 bridgehead atoms. The lowest BCUT2D eigenvalue weighted by Gasteiger charge is -2.39. The summed E-state index contributed by atoms with van der Waals surface area (Å²) in [5.41, 5.74) is 0.511. The molecule has 216 valence electrons. The Morgan fingerprint density at radius 1 is 1.13 bits per heavy atom. The van der Waals surface area contributed by atoms with Crippen molar-refractivity contribution in [2.24, 2.45) is 17.8 Å². The Morgan fingerprint density at radius 2 is 1.82 bits per heavy atom. The first-order valence-corrected chi connectivity index (χ1v) is 14.8. The van der Waals surface area contributed by atoms with Gasteiger partial charge in [0.25, 0.3) is 5.91 Å². The molecule has 1 saturated heterocycles. The summed E-state index contributed by atoms with van der Waals surface area (Å²) in [6.45, 7) is 9.76. The number of piperidine rings is 1. The molecular formula is C31H47N3O5. The summed E-state index contributed by atoms with van der Waals surface area (Å²) in [5.74, 6) is 1.39. The summed E-state index contributed by atoms with van der Waals surface area (Å²) in [6, 6.07) is 5.84. The number of nitrogens with one attached hydrogen (secondary N) is 1. The Hall–Kier alpha value is -2.45. The van der Waals surface area contributed by atoms with Crippen LogP contribution in [-0.4, -0.2) is 62.6 Å². The topological polar surface area (TPSA) is 88.2 Å². The van der Waals surface area contributed by atoms with Gasteiger partial charge in [-0.05, 0) is 70.6 Å². The minimum atomic E-state index is -0.955. The van der Waals surface area contributed by atoms with Gasteiger partial charge in [0.15, 0.2) is 5.60 Å². The van der Waals surface area contributed by atoms with Crippen molar-refractivity contribution in [3.05, 3.63) is 18.2 Å². The fourth-order valence-electron chi connectivity index (χ4n) is 5.91. The van der Waals surface area contributed by atoms with Crippen LogP contribution in [0.15, 0.2) is 18.2 Å².